The number of urea groups is 1. The maximum atomic E-state index is 10.6. The normalized spacial score (nSPS) is 9.26. The highest BCUT2D eigenvalue weighted by Gasteiger charge is 1.95. The van der Waals surface area contributed by atoms with Gasteiger partial charge in [-0.3, -0.25) is 4.98 Å². The molecule has 0 fully saturated rings. The van der Waals surface area contributed by atoms with E-state index in [1.807, 2.05) is 0 Å². The van der Waals surface area contributed by atoms with Crippen LogP contribution in [-0.2, 0) is 0 Å². The first kappa shape index (κ1) is 18.2. The zero-order chi connectivity index (χ0) is 14.7. The fourth-order valence-electron chi connectivity index (χ4n) is 0.718. The van der Waals surface area contributed by atoms with E-state index in [-0.39, 0.29) is 16.6 Å². The summed E-state index contributed by atoms with van der Waals surface area (Å²) >= 11 is 21.1. The lowest BCUT2D eigenvalue weighted by molar-refractivity contribution is 0.242. The third kappa shape index (κ3) is 10.8. The van der Waals surface area contributed by atoms with E-state index < -0.39 is 5.69 Å². The summed E-state index contributed by atoms with van der Waals surface area (Å²) < 4.78 is 0. The van der Waals surface area contributed by atoms with Gasteiger partial charge in [0.25, 0.3) is 0 Å². The van der Waals surface area contributed by atoms with Crippen molar-refractivity contribution in [2.75, 3.05) is 24.8 Å². The number of nitrogens with one attached hydrogen (secondary N) is 3. The largest absolute Gasteiger partial charge is 0.350 e. The summed E-state index contributed by atoms with van der Waals surface area (Å²) in [6.07, 6.45) is 0. The van der Waals surface area contributed by atoms with E-state index in [2.05, 4.69) is 25.6 Å². The molecule has 0 radical (unpaired) electrons. The topological polar surface area (TPSA) is 99.8 Å². The van der Waals surface area contributed by atoms with Gasteiger partial charge in [0.1, 0.15) is 0 Å². The Morgan fingerprint density at radius 2 is 1.63 bits per heavy atom. The molecule has 2 amide bonds. The van der Waals surface area contributed by atoms with Crippen LogP contribution in [-0.4, -0.2) is 45.8 Å². The number of rotatable bonds is 4. The first-order valence-corrected chi connectivity index (χ1v) is 6.75. The second-order valence-electron chi connectivity index (χ2n) is 2.77. The van der Waals surface area contributed by atoms with E-state index in [0.717, 1.165) is 0 Å². The lowest BCUT2D eigenvalue weighted by Gasteiger charge is -2.02. The van der Waals surface area contributed by atoms with Crippen molar-refractivity contribution in [3.8, 4) is 0 Å². The number of aromatic nitrogens is 3. The van der Waals surface area contributed by atoms with Gasteiger partial charge in [0.2, 0.25) is 10.6 Å². The molecule has 0 atom stereocenters. The van der Waals surface area contributed by atoms with Crippen LogP contribution in [0, 0.1) is 0 Å². The van der Waals surface area contributed by atoms with Crippen LogP contribution in [0.1, 0.15) is 0 Å². The summed E-state index contributed by atoms with van der Waals surface area (Å²) in [6.45, 7) is 0.964. The van der Waals surface area contributed by atoms with E-state index in [1.165, 1.54) is 0 Å². The Hall–Kier alpha value is -0.760. The molecule has 0 spiro atoms. The minimum absolute atomic E-state index is 0.0556. The predicted octanol–water partition coefficient (Wildman–Crippen LogP) is 1.23. The van der Waals surface area contributed by atoms with Gasteiger partial charge in [-0.05, 0) is 23.2 Å². The summed E-state index contributed by atoms with van der Waals surface area (Å²) in [4.78, 5) is 29.7. The van der Waals surface area contributed by atoms with Crippen LogP contribution in [0.5, 0.6) is 0 Å². The van der Waals surface area contributed by atoms with Crippen LogP contribution >= 0.6 is 46.4 Å². The summed E-state index contributed by atoms with van der Waals surface area (Å²) in [6, 6.07) is -0.221. The third-order valence-corrected chi connectivity index (χ3v) is 2.08. The van der Waals surface area contributed by atoms with Crippen molar-refractivity contribution in [3.05, 3.63) is 21.1 Å². The molecule has 0 unspecified atom stereocenters. The number of carbonyl (C=O) groups is 1. The molecule has 1 aromatic rings. The molecule has 1 rings (SSSR count). The predicted molar refractivity (Wildman–Crippen MR) is 75.5 cm³/mol. The Morgan fingerprint density at radius 3 is 2.00 bits per heavy atom. The van der Waals surface area contributed by atoms with Crippen molar-refractivity contribution in [2.24, 2.45) is 0 Å². The minimum atomic E-state index is -0.597. The van der Waals surface area contributed by atoms with Crippen LogP contribution in [0.4, 0.5) is 4.79 Å². The molecule has 1 aromatic heterocycles. The highest BCUT2D eigenvalue weighted by molar-refractivity contribution is 6.30. The van der Waals surface area contributed by atoms with Crippen molar-refractivity contribution in [1.82, 2.24) is 25.6 Å². The average molecular weight is 351 g/mol. The van der Waals surface area contributed by atoms with Crippen molar-refractivity contribution in [2.45, 2.75) is 0 Å². The third-order valence-electron chi connectivity index (χ3n) is 1.35. The van der Waals surface area contributed by atoms with E-state index in [4.69, 9.17) is 46.4 Å². The zero-order valence-corrected chi connectivity index (χ0v) is 12.6. The molecule has 3 N–H and O–H groups in total. The van der Waals surface area contributed by atoms with E-state index in [0.29, 0.717) is 24.8 Å². The van der Waals surface area contributed by atoms with Crippen molar-refractivity contribution in [1.29, 1.82) is 0 Å². The highest BCUT2D eigenvalue weighted by Crippen LogP contribution is 1.98. The maximum absolute atomic E-state index is 10.6. The average Bonchev–Trinajstić information content (AvgIpc) is 2.32. The molecule has 19 heavy (non-hydrogen) atoms. The number of carbonyl (C=O) groups excluding carboxylic acids is 1. The molecule has 0 saturated heterocycles. The Labute approximate surface area is 129 Å². The fraction of sp³-hybridized carbons (Fsp3) is 0.500. The smallest absolute Gasteiger partial charge is 0.337 e. The number of nitrogens with zero attached hydrogens (tertiary/aromatic N) is 2. The van der Waals surface area contributed by atoms with Crippen LogP contribution in [0.25, 0.3) is 0 Å². The maximum Gasteiger partial charge on any atom is 0.350 e. The zero-order valence-electron chi connectivity index (χ0n) is 9.55. The SMILES string of the molecule is O=C(NCCCl)NCCCl.O=c1nc(Cl)nc(Cl)[nH]1. The van der Waals surface area contributed by atoms with Gasteiger partial charge in [-0.2, -0.15) is 9.97 Å². The van der Waals surface area contributed by atoms with Gasteiger partial charge in [0, 0.05) is 24.8 Å². The molecule has 0 aliphatic carbocycles. The highest BCUT2D eigenvalue weighted by atomic mass is 35.5. The second kappa shape index (κ2) is 11.1. The number of aromatic amines is 1. The van der Waals surface area contributed by atoms with Gasteiger partial charge in [-0.25, -0.2) is 9.59 Å². The van der Waals surface area contributed by atoms with Gasteiger partial charge in [0.05, 0.1) is 0 Å². The van der Waals surface area contributed by atoms with E-state index >= 15 is 0 Å². The molecule has 0 aromatic carbocycles. The number of halogens is 4. The summed E-state index contributed by atoms with van der Waals surface area (Å²) in [5, 5.41) is 4.85. The quantitative estimate of drug-likeness (QED) is 0.711. The van der Waals surface area contributed by atoms with Gasteiger partial charge in [-0.15, -0.1) is 23.2 Å². The van der Waals surface area contributed by atoms with Gasteiger partial charge >= 0.3 is 11.7 Å². The fourth-order valence-corrected chi connectivity index (χ4v) is 1.27. The summed E-state index contributed by atoms with van der Waals surface area (Å²) in [7, 11) is 0. The number of alkyl halides is 2. The molecule has 0 aliphatic rings. The molecule has 0 bridgehead atoms. The molecular weight excluding hydrogens is 340 g/mol. The van der Waals surface area contributed by atoms with E-state index in [9.17, 15) is 9.59 Å². The van der Waals surface area contributed by atoms with E-state index in [1.54, 1.807) is 0 Å². The van der Waals surface area contributed by atoms with Crippen LogP contribution in [0.3, 0.4) is 0 Å². The Morgan fingerprint density at radius 1 is 1.11 bits per heavy atom. The Bertz CT molecular complexity index is 408. The first-order chi connectivity index (χ1) is 8.99. The molecular formula is C8H11Cl4N5O2. The van der Waals surface area contributed by atoms with Crippen LogP contribution < -0.4 is 16.3 Å². The monoisotopic (exact) mass is 349 g/mol. The van der Waals surface area contributed by atoms with Gasteiger partial charge in [-0.1, -0.05) is 0 Å². The van der Waals surface area contributed by atoms with Gasteiger partial charge in [0.15, 0.2) is 0 Å². The summed E-state index contributed by atoms with van der Waals surface area (Å²) in [5.74, 6) is 0.850. The van der Waals surface area contributed by atoms with Crippen LogP contribution in [0.2, 0.25) is 10.6 Å². The standard InChI is InChI=1S/C5H10Cl2N2O.C3HCl2N3O/c6-1-3-8-5(10)9-4-2-7;4-1-6-2(5)8-3(9)7-1/h1-4H2,(H2,8,9,10);(H,6,7,8,9). The van der Waals surface area contributed by atoms with Gasteiger partial charge < -0.3 is 10.6 Å². The molecule has 1 heterocycles. The lowest BCUT2D eigenvalue weighted by atomic mass is 10.7. The molecule has 0 saturated carbocycles. The minimum Gasteiger partial charge on any atom is -0.337 e. The van der Waals surface area contributed by atoms with Crippen molar-refractivity contribution in [3.63, 3.8) is 0 Å². The number of H-pyrrole nitrogens is 1. The number of hydrogen-bond acceptors (Lipinski definition) is 4. The molecule has 108 valence electrons. The lowest BCUT2D eigenvalue weighted by Crippen LogP contribution is -2.37. The number of amides is 2. The van der Waals surface area contributed by atoms with Crippen molar-refractivity contribution >= 4 is 52.4 Å². The summed E-state index contributed by atoms with van der Waals surface area (Å²) in [5.41, 5.74) is -0.597. The second-order valence-corrected chi connectivity index (χ2v) is 4.23. The Kier molecular flexibility index (Phi) is 10.7. The van der Waals surface area contributed by atoms with Crippen molar-refractivity contribution < 1.29 is 4.79 Å². The first-order valence-electron chi connectivity index (χ1n) is 4.92. The number of hydrogen-bond donors (Lipinski definition) is 3. The Balaban J connectivity index is 0.000000342. The molecule has 11 heteroatoms. The van der Waals surface area contributed by atoms with Crippen LogP contribution in [0.15, 0.2) is 4.79 Å². The molecule has 7 nitrogen and oxygen atoms in total. The molecule has 0 aliphatic heterocycles.